The molecule has 1 aliphatic rings. The van der Waals surface area contributed by atoms with Gasteiger partial charge in [-0.1, -0.05) is 18.2 Å². The van der Waals surface area contributed by atoms with Crippen molar-refractivity contribution in [1.82, 2.24) is 14.9 Å². The van der Waals surface area contributed by atoms with E-state index in [4.69, 9.17) is 5.84 Å². The van der Waals surface area contributed by atoms with Crippen molar-refractivity contribution in [1.29, 1.82) is 0 Å². The predicted molar refractivity (Wildman–Crippen MR) is 115 cm³/mol. The number of hydrazine groups is 1. The first-order chi connectivity index (χ1) is 15.6. The summed E-state index contributed by atoms with van der Waals surface area (Å²) in [6, 6.07) is 8.14. The van der Waals surface area contributed by atoms with Crippen molar-refractivity contribution in [2.24, 2.45) is 12.9 Å². The number of halogens is 3. The molecule has 1 aromatic heterocycles. The van der Waals surface area contributed by atoms with Gasteiger partial charge in [0.1, 0.15) is 17.4 Å². The van der Waals surface area contributed by atoms with Gasteiger partial charge in [-0.15, -0.1) is 0 Å². The van der Waals surface area contributed by atoms with Crippen LogP contribution in [0.3, 0.4) is 0 Å². The fourth-order valence-corrected chi connectivity index (χ4v) is 3.84. The third-order valence-electron chi connectivity index (χ3n) is 5.56. The number of nitrogens with two attached hydrogens (primary N) is 1. The minimum atomic E-state index is -4.57. The molecule has 3 N–H and O–H groups in total. The van der Waals surface area contributed by atoms with Crippen LogP contribution in [0.15, 0.2) is 47.3 Å². The fourth-order valence-electron chi connectivity index (χ4n) is 3.84. The van der Waals surface area contributed by atoms with Crippen molar-refractivity contribution < 1.29 is 22.8 Å². The molecule has 1 fully saturated rings. The van der Waals surface area contributed by atoms with Gasteiger partial charge in [0.05, 0.1) is 16.6 Å². The highest BCUT2D eigenvalue weighted by atomic mass is 19.4. The van der Waals surface area contributed by atoms with E-state index in [0.717, 1.165) is 21.7 Å². The van der Waals surface area contributed by atoms with E-state index in [1.54, 1.807) is 0 Å². The molecule has 4 rings (SSSR count). The molecule has 2 aromatic carbocycles. The van der Waals surface area contributed by atoms with Crippen LogP contribution in [-0.2, 0) is 22.8 Å². The van der Waals surface area contributed by atoms with Gasteiger partial charge in [0.2, 0.25) is 5.91 Å². The lowest BCUT2D eigenvalue weighted by Crippen LogP contribution is -2.53. The topological polar surface area (TPSA) is 110 Å². The average molecular weight is 459 g/mol. The zero-order valence-electron chi connectivity index (χ0n) is 17.5. The van der Waals surface area contributed by atoms with Gasteiger partial charge in [0.25, 0.3) is 11.5 Å². The van der Waals surface area contributed by atoms with E-state index in [0.29, 0.717) is 19.3 Å². The first kappa shape index (κ1) is 22.5. The predicted octanol–water partition coefficient (Wildman–Crippen LogP) is 2.49. The molecule has 1 saturated heterocycles. The summed E-state index contributed by atoms with van der Waals surface area (Å²) in [6.07, 6.45) is -3.31. The second kappa shape index (κ2) is 8.32. The minimum Gasteiger partial charge on any atom is -0.344 e. The summed E-state index contributed by atoms with van der Waals surface area (Å²) >= 11 is 0. The molecule has 2 amide bonds. The molecule has 1 atom stereocenters. The Hall–Kier alpha value is -3.73. The number of carbonyl (C=O) groups is 2. The highest BCUT2D eigenvalue weighted by Crippen LogP contribution is 2.32. The lowest BCUT2D eigenvalue weighted by molar-refractivity contribution is -0.137. The number of fused-ring (bicyclic) bond motifs is 1. The Bertz CT molecular complexity index is 1320. The van der Waals surface area contributed by atoms with Gasteiger partial charge < -0.3 is 5.32 Å². The third-order valence-corrected chi connectivity index (χ3v) is 5.56. The van der Waals surface area contributed by atoms with Crippen molar-refractivity contribution in [3.05, 3.63) is 58.4 Å². The zero-order chi connectivity index (χ0) is 23.9. The molecule has 0 saturated carbocycles. The zero-order valence-corrected chi connectivity index (χ0v) is 17.5. The number of rotatable bonds is 3. The van der Waals surface area contributed by atoms with Crippen molar-refractivity contribution in [2.45, 2.75) is 31.5 Å². The maximum Gasteiger partial charge on any atom is 0.416 e. The van der Waals surface area contributed by atoms with Gasteiger partial charge in [-0.05, 0) is 37.1 Å². The van der Waals surface area contributed by atoms with Crippen LogP contribution in [0.4, 0.5) is 18.9 Å². The van der Waals surface area contributed by atoms with Crippen LogP contribution in [0, 0.1) is 0 Å². The normalized spacial score (nSPS) is 16.5. The fraction of sp³-hybridized carbons (Fsp3) is 0.273. The quantitative estimate of drug-likeness (QED) is 0.355. The lowest BCUT2D eigenvalue weighted by Gasteiger charge is -2.27. The highest BCUT2D eigenvalue weighted by molar-refractivity contribution is 6.04. The van der Waals surface area contributed by atoms with Crippen molar-refractivity contribution >= 4 is 28.4 Å². The number of hydrogen-bond donors (Lipinski definition) is 2. The van der Waals surface area contributed by atoms with E-state index in [9.17, 15) is 27.6 Å². The molecular formula is C22H20F3N5O3. The van der Waals surface area contributed by atoms with Gasteiger partial charge in [0, 0.05) is 19.0 Å². The maximum absolute atomic E-state index is 13.2. The summed E-state index contributed by atoms with van der Waals surface area (Å²) in [7, 11) is 1.40. The van der Waals surface area contributed by atoms with E-state index in [2.05, 4.69) is 10.3 Å². The standard InChI is InChI=1S/C22H20F3N5O3/c1-29-19(12-5-2-6-13(11-12)22(23,24)25)28-18-14(20(29)32)7-3-9-16(18)30(26)21(33)15-8-4-10-17(31)27-15/h2-3,5-7,9,11,15H,4,8,10,26H2,1H3,(H,27,31). The maximum atomic E-state index is 13.2. The summed E-state index contributed by atoms with van der Waals surface area (Å²) < 4.78 is 40.7. The molecule has 11 heteroatoms. The first-order valence-corrected chi connectivity index (χ1v) is 10.1. The summed E-state index contributed by atoms with van der Waals surface area (Å²) in [4.78, 5) is 42.0. The Labute approximate surface area is 185 Å². The van der Waals surface area contributed by atoms with Crippen molar-refractivity contribution in [3.63, 3.8) is 0 Å². The van der Waals surface area contributed by atoms with Gasteiger partial charge >= 0.3 is 6.18 Å². The molecule has 0 bridgehead atoms. The molecule has 33 heavy (non-hydrogen) atoms. The molecule has 172 valence electrons. The highest BCUT2D eigenvalue weighted by Gasteiger charge is 2.31. The molecule has 0 spiro atoms. The molecular weight excluding hydrogens is 439 g/mol. The third kappa shape index (κ3) is 4.19. The Balaban J connectivity index is 1.84. The number of amides is 2. The summed E-state index contributed by atoms with van der Waals surface area (Å²) in [5.41, 5.74) is -1.16. The van der Waals surface area contributed by atoms with E-state index < -0.39 is 29.2 Å². The number of nitrogens with zero attached hydrogens (tertiary/aromatic N) is 3. The second-order valence-corrected chi connectivity index (χ2v) is 7.77. The summed E-state index contributed by atoms with van der Waals surface area (Å²) in [5, 5.41) is 3.55. The molecule has 8 nitrogen and oxygen atoms in total. The summed E-state index contributed by atoms with van der Waals surface area (Å²) in [6.45, 7) is 0. The van der Waals surface area contributed by atoms with Crippen molar-refractivity contribution in [3.8, 4) is 11.4 Å². The van der Waals surface area contributed by atoms with Crippen LogP contribution < -0.4 is 21.7 Å². The number of alkyl halides is 3. The van der Waals surface area contributed by atoms with E-state index in [1.165, 1.54) is 37.4 Å². The lowest BCUT2D eigenvalue weighted by atomic mass is 10.0. The Kier molecular flexibility index (Phi) is 5.66. The van der Waals surface area contributed by atoms with Crippen LogP contribution in [0.5, 0.6) is 0 Å². The number of para-hydroxylation sites is 1. The average Bonchev–Trinajstić information content (AvgIpc) is 2.79. The Morgan fingerprint density at radius 2 is 1.94 bits per heavy atom. The number of carbonyl (C=O) groups excluding carboxylic acids is 2. The molecule has 3 aromatic rings. The van der Waals surface area contributed by atoms with Crippen LogP contribution in [0.25, 0.3) is 22.3 Å². The van der Waals surface area contributed by atoms with Gasteiger partial charge in [0.15, 0.2) is 0 Å². The molecule has 1 unspecified atom stereocenters. The van der Waals surface area contributed by atoms with Crippen molar-refractivity contribution in [2.75, 3.05) is 5.01 Å². The van der Waals surface area contributed by atoms with Crippen LogP contribution in [0.2, 0.25) is 0 Å². The number of piperidine rings is 1. The first-order valence-electron chi connectivity index (χ1n) is 10.1. The van der Waals surface area contributed by atoms with E-state index in [-0.39, 0.29) is 33.9 Å². The largest absolute Gasteiger partial charge is 0.416 e. The van der Waals surface area contributed by atoms with E-state index >= 15 is 0 Å². The molecule has 2 heterocycles. The monoisotopic (exact) mass is 459 g/mol. The van der Waals surface area contributed by atoms with Gasteiger partial charge in [-0.3, -0.25) is 19.0 Å². The summed E-state index contributed by atoms with van der Waals surface area (Å²) in [5.74, 6) is 5.21. The van der Waals surface area contributed by atoms with Crippen LogP contribution in [0.1, 0.15) is 24.8 Å². The molecule has 1 aliphatic heterocycles. The number of aromatic nitrogens is 2. The van der Waals surface area contributed by atoms with Gasteiger partial charge in [-0.25, -0.2) is 15.8 Å². The van der Waals surface area contributed by atoms with Crippen LogP contribution in [-0.4, -0.2) is 27.4 Å². The second-order valence-electron chi connectivity index (χ2n) is 7.77. The smallest absolute Gasteiger partial charge is 0.344 e. The number of hydrogen-bond acceptors (Lipinski definition) is 5. The Morgan fingerprint density at radius 1 is 1.21 bits per heavy atom. The molecule has 0 radical (unpaired) electrons. The SMILES string of the molecule is Cn1c(-c2cccc(C(F)(F)F)c2)nc2c(N(N)C(=O)C3CCCC(=O)N3)cccc2c1=O. The van der Waals surface area contributed by atoms with Gasteiger partial charge in [-0.2, -0.15) is 13.2 Å². The van der Waals surface area contributed by atoms with Crippen LogP contribution >= 0.6 is 0 Å². The number of anilines is 1. The minimum absolute atomic E-state index is 0.0159. The number of benzene rings is 2. The van der Waals surface area contributed by atoms with E-state index in [1.807, 2.05) is 0 Å². The molecule has 0 aliphatic carbocycles. The Morgan fingerprint density at radius 3 is 2.64 bits per heavy atom. The number of nitrogens with one attached hydrogen (secondary N) is 1.